The second-order valence-corrected chi connectivity index (χ2v) is 6.99. The second kappa shape index (κ2) is 8.72. The van der Waals surface area contributed by atoms with E-state index in [1.165, 1.54) is 17.0 Å². The average molecular weight is 398 g/mol. The van der Waals surface area contributed by atoms with E-state index < -0.39 is 17.5 Å². The molecule has 2 aromatic carbocycles. The highest BCUT2D eigenvalue weighted by Gasteiger charge is 2.25. The summed E-state index contributed by atoms with van der Waals surface area (Å²) in [5.74, 6) is -0.324. The van der Waals surface area contributed by atoms with Gasteiger partial charge in [0.05, 0.1) is 16.6 Å². The molecule has 1 heterocycles. The van der Waals surface area contributed by atoms with Crippen molar-refractivity contribution in [2.24, 2.45) is 0 Å². The van der Waals surface area contributed by atoms with Crippen molar-refractivity contribution in [2.75, 3.05) is 18.1 Å². The van der Waals surface area contributed by atoms with Gasteiger partial charge in [0.25, 0.3) is 11.6 Å². The van der Waals surface area contributed by atoms with Crippen molar-refractivity contribution in [3.05, 3.63) is 63.7 Å². The Hall–Kier alpha value is -3.42. The number of esters is 1. The molecule has 0 aromatic heterocycles. The number of fused-ring (bicyclic) bond motifs is 1. The van der Waals surface area contributed by atoms with E-state index in [1.807, 2.05) is 13.8 Å². The summed E-state index contributed by atoms with van der Waals surface area (Å²) in [4.78, 5) is 36.8. The number of hydrogen-bond donors (Lipinski definition) is 0. The molecule has 0 radical (unpaired) electrons. The van der Waals surface area contributed by atoms with Gasteiger partial charge in [-0.2, -0.15) is 0 Å². The summed E-state index contributed by atoms with van der Waals surface area (Å²) in [6.45, 7) is 3.89. The highest BCUT2D eigenvalue weighted by Crippen LogP contribution is 2.30. The molecule has 1 amide bonds. The minimum atomic E-state index is -0.602. The predicted octanol–water partition coefficient (Wildman–Crippen LogP) is 3.52. The van der Waals surface area contributed by atoms with Crippen LogP contribution in [0.15, 0.2) is 42.5 Å². The van der Waals surface area contributed by atoms with Crippen LogP contribution in [-0.4, -0.2) is 36.1 Å². The predicted molar refractivity (Wildman–Crippen MR) is 106 cm³/mol. The van der Waals surface area contributed by atoms with Gasteiger partial charge in [-0.25, -0.2) is 4.79 Å². The number of carbonyl (C=O) groups excluding carboxylic acids is 2. The van der Waals surface area contributed by atoms with Crippen LogP contribution < -0.4 is 9.64 Å². The van der Waals surface area contributed by atoms with Crippen LogP contribution in [0.4, 0.5) is 11.4 Å². The van der Waals surface area contributed by atoms with Crippen molar-refractivity contribution in [2.45, 2.75) is 32.8 Å². The number of nitro benzene ring substituents is 1. The van der Waals surface area contributed by atoms with Gasteiger partial charge >= 0.3 is 5.97 Å². The van der Waals surface area contributed by atoms with Crippen LogP contribution in [-0.2, 0) is 16.0 Å². The molecule has 8 heteroatoms. The Bertz CT molecular complexity index is 923. The van der Waals surface area contributed by atoms with Gasteiger partial charge in [-0.3, -0.25) is 14.9 Å². The summed E-state index contributed by atoms with van der Waals surface area (Å²) in [7, 11) is 0. The fourth-order valence-corrected chi connectivity index (χ4v) is 3.19. The van der Waals surface area contributed by atoms with Gasteiger partial charge in [-0.1, -0.05) is 0 Å². The Balaban J connectivity index is 1.63. The molecule has 0 saturated carbocycles. The van der Waals surface area contributed by atoms with Crippen molar-refractivity contribution in [1.82, 2.24) is 0 Å². The molecule has 0 aliphatic carbocycles. The number of non-ortho nitro benzene ring substituents is 1. The van der Waals surface area contributed by atoms with Crippen LogP contribution in [0.3, 0.4) is 0 Å². The molecule has 3 rings (SSSR count). The minimum Gasteiger partial charge on any atom is -0.491 e. The standard InChI is InChI=1S/C21H22N2O6/c1-14(2)29-18-8-5-15(6-9-18)21(25)28-13-20(24)22-11-3-4-16-12-17(23(26)27)7-10-19(16)22/h5-10,12,14H,3-4,11,13H2,1-2H3. The topological polar surface area (TPSA) is 99.0 Å². The third kappa shape index (κ3) is 4.90. The fourth-order valence-electron chi connectivity index (χ4n) is 3.19. The Morgan fingerprint density at radius 3 is 2.55 bits per heavy atom. The number of carbonyl (C=O) groups is 2. The number of nitrogens with zero attached hydrogens (tertiary/aromatic N) is 2. The average Bonchev–Trinajstić information content (AvgIpc) is 2.71. The largest absolute Gasteiger partial charge is 0.491 e. The number of hydrogen-bond acceptors (Lipinski definition) is 6. The SMILES string of the molecule is CC(C)Oc1ccc(C(=O)OCC(=O)N2CCCc3cc([N+](=O)[O-])ccc32)cc1. The van der Waals surface area contributed by atoms with Gasteiger partial charge in [0.1, 0.15) is 5.75 Å². The lowest BCUT2D eigenvalue weighted by molar-refractivity contribution is -0.384. The first-order valence-electron chi connectivity index (χ1n) is 9.36. The first-order chi connectivity index (χ1) is 13.8. The molecule has 0 saturated heterocycles. The number of ether oxygens (including phenoxy) is 2. The molecule has 8 nitrogen and oxygen atoms in total. The maximum Gasteiger partial charge on any atom is 0.338 e. The van der Waals surface area contributed by atoms with E-state index in [0.717, 1.165) is 5.56 Å². The van der Waals surface area contributed by atoms with Crippen molar-refractivity contribution < 1.29 is 24.0 Å². The highest BCUT2D eigenvalue weighted by molar-refractivity contribution is 5.98. The third-order valence-corrected chi connectivity index (χ3v) is 4.48. The van der Waals surface area contributed by atoms with Crippen LogP contribution in [0, 0.1) is 10.1 Å². The minimum absolute atomic E-state index is 0.00521. The molecule has 0 spiro atoms. The van der Waals surface area contributed by atoms with E-state index in [-0.39, 0.29) is 17.7 Å². The fraction of sp³-hybridized carbons (Fsp3) is 0.333. The van der Waals surface area contributed by atoms with Gasteiger partial charge in [0, 0.05) is 24.4 Å². The maximum absolute atomic E-state index is 12.6. The summed E-state index contributed by atoms with van der Waals surface area (Å²) in [6, 6.07) is 10.9. The number of amides is 1. The van der Waals surface area contributed by atoms with E-state index in [2.05, 4.69) is 0 Å². The van der Waals surface area contributed by atoms with Crippen molar-refractivity contribution >= 4 is 23.3 Å². The van der Waals surface area contributed by atoms with E-state index in [4.69, 9.17) is 9.47 Å². The number of benzene rings is 2. The maximum atomic E-state index is 12.6. The lowest BCUT2D eigenvalue weighted by Gasteiger charge is -2.29. The highest BCUT2D eigenvalue weighted by atomic mass is 16.6. The Morgan fingerprint density at radius 1 is 1.17 bits per heavy atom. The molecular weight excluding hydrogens is 376 g/mol. The smallest absolute Gasteiger partial charge is 0.338 e. The summed E-state index contributed by atoms with van der Waals surface area (Å²) in [6.07, 6.45) is 1.37. The molecule has 0 bridgehead atoms. The number of aryl methyl sites for hydroxylation is 1. The van der Waals surface area contributed by atoms with Gasteiger partial charge in [-0.05, 0) is 62.6 Å². The van der Waals surface area contributed by atoms with Crippen molar-refractivity contribution in [1.29, 1.82) is 0 Å². The first kappa shape index (κ1) is 20.3. The summed E-state index contributed by atoms with van der Waals surface area (Å²) in [5, 5.41) is 10.9. The monoisotopic (exact) mass is 398 g/mol. The quantitative estimate of drug-likeness (QED) is 0.419. The molecule has 1 aliphatic rings. The van der Waals surface area contributed by atoms with Crippen LogP contribution in [0.2, 0.25) is 0 Å². The molecule has 152 valence electrons. The molecule has 0 unspecified atom stereocenters. The van der Waals surface area contributed by atoms with E-state index in [1.54, 1.807) is 30.3 Å². The van der Waals surface area contributed by atoms with Crippen molar-refractivity contribution in [3.8, 4) is 5.75 Å². The molecule has 1 aliphatic heterocycles. The van der Waals surface area contributed by atoms with Crippen LogP contribution in [0.1, 0.15) is 36.2 Å². The normalized spacial score (nSPS) is 13.0. The second-order valence-electron chi connectivity index (χ2n) is 6.99. The number of anilines is 1. The molecule has 0 N–H and O–H groups in total. The summed E-state index contributed by atoms with van der Waals surface area (Å²) < 4.78 is 10.7. The van der Waals surface area contributed by atoms with Gasteiger partial charge in [0.15, 0.2) is 6.61 Å². The zero-order valence-corrected chi connectivity index (χ0v) is 16.3. The lowest BCUT2D eigenvalue weighted by Crippen LogP contribution is -2.38. The summed E-state index contributed by atoms with van der Waals surface area (Å²) >= 11 is 0. The Labute approximate surface area is 168 Å². The molecule has 0 atom stereocenters. The van der Waals surface area contributed by atoms with Gasteiger partial charge in [0.2, 0.25) is 0 Å². The van der Waals surface area contributed by atoms with Gasteiger partial charge in [-0.15, -0.1) is 0 Å². The Kier molecular flexibility index (Phi) is 6.11. The molecule has 29 heavy (non-hydrogen) atoms. The van der Waals surface area contributed by atoms with Crippen molar-refractivity contribution in [3.63, 3.8) is 0 Å². The van der Waals surface area contributed by atoms with Crippen LogP contribution in [0.25, 0.3) is 0 Å². The third-order valence-electron chi connectivity index (χ3n) is 4.48. The first-order valence-corrected chi connectivity index (χ1v) is 9.36. The van der Waals surface area contributed by atoms with Crippen LogP contribution >= 0.6 is 0 Å². The lowest BCUT2D eigenvalue weighted by atomic mass is 10.0. The number of rotatable bonds is 6. The van der Waals surface area contributed by atoms with E-state index in [0.29, 0.717) is 36.4 Å². The zero-order chi connectivity index (χ0) is 21.0. The zero-order valence-electron chi connectivity index (χ0n) is 16.3. The Morgan fingerprint density at radius 2 is 1.90 bits per heavy atom. The van der Waals surface area contributed by atoms with E-state index in [9.17, 15) is 19.7 Å². The van der Waals surface area contributed by atoms with E-state index >= 15 is 0 Å². The molecule has 2 aromatic rings. The summed E-state index contributed by atoms with van der Waals surface area (Å²) in [5.41, 5.74) is 1.68. The number of nitro groups is 1. The molecule has 0 fully saturated rings. The van der Waals surface area contributed by atoms with Crippen LogP contribution in [0.5, 0.6) is 5.75 Å². The van der Waals surface area contributed by atoms with Gasteiger partial charge < -0.3 is 14.4 Å². The molecular formula is C21H22N2O6.